The van der Waals surface area contributed by atoms with E-state index in [4.69, 9.17) is 27.9 Å². The Balaban J connectivity index is 2.42. The van der Waals surface area contributed by atoms with Crippen molar-refractivity contribution in [1.29, 1.82) is 0 Å². The third-order valence-electron chi connectivity index (χ3n) is 3.66. The number of phenols is 2. The van der Waals surface area contributed by atoms with Crippen molar-refractivity contribution >= 4 is 54.9 Å². The van der Waals surface area contributed by atoms with E-state index in [-0.39, 0.29) is 34.3 Å². The maximum absolute atomic E-state index is 12.8. The first kappa shape index (κ1) is 22.8. The molecule has 1 amide bonds. The molecule has 2 aromatic rings. The summed E-state index contributed by atoms with van der Waals surface area (Å²) in [4.78, 5) is 11.8. The van der Waals surface area contributed by atoms with Gasteiger partial charge in [-0.05, 0) is 24.3 Å². The highest BCUT2D eigenvalue weighted by Gasteiger charge is 2.25. The molecule has 0 heterocycles. The lowest BCUT2D eigenvalue weighted by atomic mass is 10.1. The summed E-state index contributed by atoms with van der Waals surface area (Å²) in [5, 5.41) is 22.9. The molecule has 2 aromatic carbocycles. The number of carbonyl (C=O) groups excluding carboxylic acids is 1. The third-order valence-corrected chi connectivity index (χ3v) is 6.30. The minimum Gasteiger partial charge on any atom is -0.507 e. The minimum absolute atomic E-state index is 0.0661. The Labute approximate surface area is 180 Å². The number of hydrogen-bond acceptors (Lipinski definition) is 6. The number of halogens is 3. The molecule has 0 saturated carbocycles. The summed E-state index contributed by atoms with van der Waals surface area (Å²) < 4.78 is 30.7. The largest absolute Gasteiger partial charge is 0.507 e. The van der Waals surface area contributed by atoms with Crippen LogP contribution >= 0.6 is 39.1 Å². The number of nitrogens with one attached hydrogen (secondary N) is 1. The molecule has 3 N–H and O–H groups in total. The molecule has 0 spiro atoms. The normalized spacial score (nSPS) is 11.4. The topological polar surface area (TPSA) is 113 Å². The lowest BCUT2D eigenvalue weighted by Gasteiger charge is -2.13. The van der Waals surface area contributed by atoms with Crippen LogP contribution in [0.3, 0.4) is 0 Å². The molecule has 28 heavy (non-hydrogen) atoms. The highest BCUT2D eigenvalue weighted by Crippen LogP contribution is 2.37. The van der Waals surface area contributed by atoms with Crippen LogP contribution in [0.1, 0.15) is 15.9 Å². The van der Waals surface area contributed by atoms with Crippen LogP contribution in [0, 0.1) is 0 Å². The highest BCUT2D eigenvalue weighted by atomic mass is 79.9. The Hall–Kier alpha value is -1.52. The Morgan fingerprint density at radius 1 is 1.18 bits per heavy atom. The van der Waals surface area contributed by atoms with Crippen LogP contribution in [-0.4, -0.2) is 44.8 Å². The number of sulfone groups is 1. The summed E-state index contributed by atoms with van der Waals surface area (Å²) in [7, 11) is -2.66. The molecule has 0 aromatic heterocycles. The number of aromatic hydroxyl groups is 2. The average molecular weight is 513 g/mol. The van der Waals surface area contributed by atoms with E-state index < -0.39 is 37.9 Å². The quantitative estimate of drug-likeness (QED) is 0.489. The Morgan fingerprint density at radius 3 is 2.50 bits per heavy atom. The molecular formula is C17H16BrCl2NO6S. The predicted octanol–water partition coefficient (Wildman–Crippen LogP) is 3.52. The van der Waals surface area contributed by atoms with Crippen molar-refractivity contribution in [1.82, 2.24) is 5.32 Å². The Kier molecular flexibility index (Phi) is 7.58. The van der Waals surface area contributed by atoms with Crippen molar-refractivity contribution in [2.75, 3.05) is 20.3 Å². The maximum Gasteiger partial charge on any atom is 0.255 e. The lowest BCUT2D eigenvalue weighted by molar-refractivity contribution is 0.0934. The van der Waals surface area contributed by atoms with Crippen molar-refractivity contribution in [2.45, 2.75) is 10.6 Å². The zero-order valence-electron chi connectivity index (χ0n) is 14.5. The summed E-state index contributed by atoms with van der Waals surface area (Å²) in [6.45, 7) is 0.455. The average Bonchev–Trinajstić information content (AvgIpc) is 2.60. The zero-order valence-corrected chi connectivity index (χ0v) is 18.4. The molecular weight excluding hydrogens is 497 g/mol. The monoisotopic (exact) mass is 511 g/mol. The van der Waals surface area contributed by atoms with E-state index in [1.807, 2.05) is 0 Å². The van der Waals surface area contributed by atoms with Gasteiger partial charge in [0, 0.05) is 28.7 Å². The van der Waals surface area contributed by atoms with Gasteiger partial charge in [0.1, 0.15) is 10.6 Å². The fourth-order valence-electron chi connectivity index (χ4n) is 2.36. The molecule has 7 nitrogen and oxygen atoms in total. The standard InChI is InChI=1S/C17H16BrCl2NO6S/c1-27-3-2-21-17(24)12-7-11(19)4-9(15(12)22)8-28(25,26)14-6-10(18)5-13(20)16(14)23/h4-7,22-23H,2-3,8H2,1H3,(H,21,24). The van der Waals surface area contributed by atoms with Crippen molar-refractivity contribution in [3.05, 3.63) is 49.9 Å². The van der Waals surface area contributed by atoms with Gasteiger partial charge in [-0.1, -0.05) is 39.1 Å². The predicted molar refractivity (Wildman–Crippen MR) is 109 cm³/mol. The third kappa shape index (κ3) is 5.30. The van der Waals surface area contributed by atoms with Gasteiger partial charge in [0.05, 0.1) is 22.9 Å². The molecule has 2 rings (SSSR count). The van der Waals surface area contributed by atoms with Gasteiger partial charge < -0.3 is 20.3 Å². The first-order valence-corrected chi connectivity index (χ1v) is 11.0. The van der Waals surface area contributed by atoms with Crippen molar-refractivity contribution < 1.29 is 28.2 Å². The molecule has 0 saturated heterocycles. The molecule has 0 fully saturated rings. The smallest absolute Gasteiger partial charge is 0.255 e. The number of hydrogen-bond donors (Lipinski definition) is 3. The SMILES string of the molecule is COCCNC(=O)c1cc(Cl)cc(CS(=O)(=O)c2cc(Br)cc(Cl)c2O)c1O. The number of phenolic OH excluding ortho intramolecular Hbond substituents is 2. The number of methoxy groups -OCH3 is 1. The second kappa shape index (κ2) is 9.32. The molecule has 0 aliphatic rings. The number of carbonyl (C=O) groups is 1. The van der Waals surface area contributed by atoms with Crippen LogP contribution in [0.25, 0.3) is 0 Å². The van der Waals surface area contributed by atoms with Crippen LogP contribution in [0.2, 0.25) is 10.0 Å². The minimum atomic E-state index is -4.13. The van der Waals surface area contributed by atoms with Crippen LogP contribution in [0.15, 0.2) is 33.6 Å². The van der Waals surface area contributed by atoms with Crippen LogP contribution < -0.4 is 5.32 Å². The van der Waals surface area contributed by atoms with Gasteiger partial charge in [0.15, 0.2) is 15.6 Å². The van der Waals surface area contributed by atoms with Gasteiger partial charge >= 0.3 is 0 Å². The van der Waals surface area contributed by atoms with Crippen LogP contribution in [0.4, 0.5) is 0 Å². The van der Waals surface area contributed by atoms with Crippen LogP contribution in [-0.2, 0) is 20.3 Å². The molecule has 0 unspecified atom stereocenters. The molecule has 0 aliphatic heterocycles. The molecule has 0 atom stereocenters. The highest BCUT2D eigenvalue weighted by molar-refractivity contribution is 9.10. The van der Waals surface area contributed by atoms with Gasteiger partial charge in [0.25, 0.3) is 5.91 Å². The van der Waals surface area contributed by atoms with E-state index >= 15 is 0 Å². The van der Waals surface area contributed by atoms with Crippen LogP contribution in [0.5, 0.6) is 11.5 Å². The molecule has 11 heteroatoms. The fourth-order valence-corrected chi connectivity index (χ4v) is 5.12. The summed E-state index contributed by atoms with van der Waals surface area (Å²) in [6, 6.07) is 4.99. The van der Waals surface area contributed by atoms with Gasteiger partial charge in [-0.25, -0.2) is 8.42 Å². The van der Waals surface area contributed by atoms with Gasteiger partial charge in [-0.2, -0.15) is 0 Å². The first-order chi connectivity index (χ1) is 13.1. The Morgan fingerprint density at radius 2 is 1.86 bits per heavy atom. The Bertz CT molecular complexity index is 1010. The second-order valence-corrected chi connectivity index (χ2v) is 9.42. The summed E-state index contributed by atoms with van der Waals surface area (Å²) in [5.74, 6) is -2.48. The molecule has 0 radical (unpaired) electrons. The van der Waals surface area contributed by atoms with Crippen molar-refractivity contribution in [3.63, 3.8) is 0 Å². The van der Waals surface area contributed by atoms with E-state index in [9.17, 15) is 23.4 Å². The zero-order chi connectivity index (χ0) is 21.1. The van der Waals surface area contributed by atoms with E-state index in [0.717, 1.165) is 0 Å². The van der Waals surface area contributed by atoms with Crippen molar-refractivity contribution in [3.8, 4) is 11.5 Å². The van der Waals surface area contributed by atoms with E-state index in [1.54, 1.807) is 0 Å². The number of benzene rings is 2. The summed E-state index contributed by atoms with van der Waals surface area (Å²) in [6.07, 6.45) is 0. The number of rotatable bonds is 7. The summed E-state index contributed by atoms with van der Waals surface area (Å²) >= 11 is 14.9. The van der Waals surface area contributed by atoms with Gasteiger partial charge in [-0.15, -0.1) is 0 Å². The number of ether oxygens (including phenoxy) is 1. The van der Waals surface area contributed by atoms with Crippen molar-refractivity contribution in [2.24, 2.45) is 0 Å². The van der Waals surface area contributed by atoms with Gasteiger partial charge in [0.2, 0.25) is 0 Å². The van der Waals surface area contributed by atoms with Gasteiger partial charge in [-0.3, -0.25) is 4.79 Å². The summed E-state index contributed by atoms with van der Waals surface area (Å²) in [5.41, 5.74) is -0.273. The van der Waals surface area contributed by atoms with E-state index in [1.165, 1.54) is 31.4 Å². The number of amides is 1. The second-order valence-electron chi connectivity index (χ2n) is 5.70. The van der Waals surface area contributed by atoms with E-state index in [0.29, 0.717) is 4.47 Å². The molecule has 152 valence electrons. The maximum atomic E-state index is 12.8. The molecule has 0 aliphatic carbocycles. The molecule has 0 bridgehead atoms. The first-order valence-electron chi connectivity index (χ1n) is 7.76. The lowest BCUT2D eigenvalue weighted by Crippen LogP contribution is -2.27. The van der Waals surface area contributed by atoms with E-state index in [2.05, 4.69) is 21.2 Å². The fraction of sp³-hybridized carbons (Fsp3) is 0.235.